The third-order valence-electron chi connectivity index (χ3n) is 6.94. The zero-order valence-corrected chi connectivity index (χ0v) is 24.7. The molecule has 0 radical (unpaired) electrons. The summed E-state index contributed by atoms with van der Waals surface area (Å²) in [5.74, 6) is -1.96. The van der Waals surface area contributed by atoms with Crippen molar-refractivity contribution in [1.82, 2.24) is 14.5 Å². The number of sulfonamides is 1. The number of carbonyl (C=O) groups is 2. The van der Waals surface area contributed by atoms with Gasteiger partial charge in [0.2, 0.25) is 21.8 Å². The molecular formula is C29H31ClF2N4O5S. The maximum atomic E-state index is 13.9. The van der Waals surface area contributed by atoms with Gasteiger partial charge in [-0.3, -0.25) is 14.5 Å². The van der Waals surface area contributed by atoms with E-state index in [0.29, 0.717) is 29.5 Å². The van der Waals surface area contributed by atoms with Gasteiger partial charge in [-0.25, -0.2) is 17.2 Å². The van der Waals surface area contributed by atoms with E-state index in [1.54, 1.807) is 29.2 Å². The van der Waals surface area contributed by atoms with Crippen LogP contribution in [0.25, 0.3) is 0 Å². The van der Waals surface area contributed by atoms with Crippen LogP contribution in [0.3, 0.4) is 0 Å². The molecule has 0 spiro atoms. The van der Waals surface area contributed by atoms with Gasteiger partial charge in [0, 0.05) is 56.4 Å². The number of methoxy groups -OCH3 is 1. The van der Waals surface area contributed by atoms with Gasteiger partial charge in [0.1, 0.15) is 23.4 Å². The van der Waals surface area contributed by atoms with E-state index in [-0.39, 0.29) is 36.5 Å². The van der Waals surface area contributed by atoms with Gasteiger partial charge in [0.25, 0.3) is 0 Å². The highest BCUT2D eigenvalue weighted by Crippen LogP contribution is 2.21. The molecule has 1 aliphatic heterocycles. The molecule has 1 atom stereocenters. The molecule has 9 nitrogen and oxygen atoms in total. The predicted octanol–water partition coefficient (Wildman–Crippen LogP) is 3.32. The third kappa shape index (κ3) is 7.82. The van der Waals surface area contributed by atoms with Gasteiger partial charge in [0.05, 0.1) is 18.6 Å². The Bertz CT molecular complexity index is 1500. The molecule has 42 heavy (non-hydrogen) atoms. The molecule has 1 N–H and O–H groups in total. The largest absolute Gasteiger partial charge is 0.497 e. The van der Waals surface area contributed by atoms with Crippen LogP contribution in [0.15, 0.2) is 71.6 Å². The molecule has 1 aliphatic rings. The van der Waals surface area contributed by atoms with Crippen LogP contribution in [-0.4, -0.2) is 82.4 Å². The Morgan fingerprint density at radius 2 is 1.57 bits per heavy atom. The minimum atomic E-state index is -3.71. The number of rotatable bonds is 10. The second-order valence-electron chi connectivity index (χ2n) is 9.83. The van der Waals surface area contributed by atoms with Crippen molar-refractivity contribution in [2.24, 2.45) is 0 Å². The SMILES string of the molecule is COc1ccc(N(C)C(=O)[C@H](Cc2cc(F)cc(F)c2)NC(=O)CN2CCN(S(=O)(=O)c3ccc(Cl)cc3)CC2)cc1. The normalized spacial score (nSPS) is 15.2. The number of nitrogens with zero attached hydrogens (tertiary/aromatic N) is 3. The predicted molar refractivity (Wildman–Crippen MR) is 155 cm³/mol. The lowest BCUT2D eigenvalue weighted by Gasteiger charge is -2.34. The van der Waals surface area contributed by atoms with E-state index in [2.05, 4.69) is 5.32 Å². The van der Waals surface area contributed by atoms with Gasteiger partial charge in [-0.1, -0.05) is 11.6 Å². The molecule has 0 unspecified atom stereocenters. The van der Waals surface area contributed by atoms with Crippen LogP contribution >= 0.6 is 11.6 Å². The summed E-state index contributed by atoms with van der Waals surface area (Å²) in [5, 5.41) is 3.14. The van der Waals surface area contributed by atoms with E-state index in [0.717, 1.165) is 18.2 Å². The van der Waals surface area contributed by atoms with E-state index in [1.165, 1.54) is 47.6 Å². The standard InChI is InChI=1S/C29H31ClF2N4O5S/c1-34(24-5-7-25(41-2)8-6-24)29(38)27(17-20-15-22(31)18-23(32)16-20)33-28(37)19-35-11-13-36(14-12-35)42(39,40)26-9-3-21(30)4-10-26/h3-10,15-16,18,27H,11-14,17,19H2,1-2H3,(H,33,37)/t27-/m0/s1. The number of anilines is 1. The minimum Gasteiger partial charge on any atom is -0.497 e. The van der Waals surface area contributed by atoms with Crippen LogP contribution in [0.1, 0.15) is 5.56 Å². The van der Waals surface area contributed by atoms with E-state index < -0.39 is 39.5 Å². The van der Waals surface area contributed by atoms with E-state index >= 15 is 0 Å². The maximum Gasteiger partial charge on any atom is 0.249 e. The van der Waals surface area contributed by atoms with Crippen molar-refractivity contribution in [3.63, 3.8) is 0 Å². The van der Waals surface area contributed by atoms with E-state index in [4.69, 9.17) is 16.3 Å². The van der Waals surface area contributed by atoms with Crippen LogP contribution in [0.4, 0.5) is 14.5 Å². The van der Waals surface area contributed by atoms with Gasteiger partial charge in [-0.15, -0.1) is 0 Å². The van der Waals surface area contributed by atoms with Crippen molar-refractivity contribution in [1.29, 1.82) is 0 Å². The molecule has 0 aromatic heterocycles. The lowest BCUT2D eigenvalue weighted by atomic mass is 10.0. The van der Waals surface area contributed by atoms with Crippen molar-refractivity contribution in [3.05, 3.63) is 89.0 Å². The van der Waals surface area contributed by atoms with Crippen LogP contribution in [0, 0.1) is 11.6 Å². The number of hydrogen-bond acceptors (Lipinski definition) is 6. The third-order valence-corrected chi connectivity index (χ3v) is 9.10. The number of carbonyl (C=O) groups excluding carboxylic acids is 2. The molecule has 3 aromatic rings. The summed E-state index contributed by atoms with van der Waals surface area (Å²) in [6, 6.07) is 14.5. The Labute approximate surface area is 248 Å². The van der Waals surface area contributed by atoms with Crippen molar-refractivity contribution < 1.29 is 31.5 Å². The number of likely N-dealkylation sites (N-methyl/N-ethyl adjacent to an activating group) is 1. The molecular weight excluding hydrogens is 590 g/mol. The van der Waals surface area contributed by atoms with Crippen LogP contribution in [0.2, 0.25) is 5.02 Å². The molecule has 0 saturated carbocycles. The molecule has 224 valence electrons. The van der Waals surface area contributed by atoms with Gasteiger partial charge in [-0.05, 0) is 66.2 Å². The van der Waals surface area contributed by atoms with E-state index in [1.807, 2.05) is 0 Å². The molecule has 1 saturated heterocycles. The van der Waals surface area contributed by atoms with Gasteiger partial charge in [0.15, 0.2) is 0 Å². The van der Waals surface area contributed by atoms with E-state index in [9.17, 15) is 26.8 Å². The fraction of sp³-hybridized carbons (Fsp3) is 0.310. The molecule has 13 heteroatoms. The number of benzene rings is 3. The van der Waals surface area contributed by atoms with Crippen LogP contribution in [0.5, 0.6) is 5.75 Å². The fourth-order valence-electron chi connectivity index (χ4n) is 4.66. The summed E-state index contributed by atoms with van der Waals surface area (Å²) in [7, 11) is -0.657. The Hall–Kier alpha value is -3.58. The molecule has 4 rings (SSSR count). The highest BCUT2D eigenvalue weighted by molar-refractivity contribution is 7.89. The molecule has 1 fully saturated rings. The highest BCUT2D eigenvalue weighted by atomic mass is 35.5. The summed E-state index contributed by atoms with van der Waals surface area (Å²) in [5.41, 5.74) is 0.735. The van der Waals surface area contributed by atoms with Crippen LogP contribution in [-0.2, 0) is 26.0 Å². The first kappa shape index (κ1) is 31.4. The molecule has 0 aliphatic carbocycles. The number of hydrogen-bond donors (Lipinski definition) is 1. The zero-order chi connectivity index (χ0) is 30.4. The zero-order valence-electron chi connectivity index (χ0n) is 23.1. The highest BCUT2D eigenvalue weighted by Gasteiger charge is 2.31. The Balaban J connectivity index is 1.42. The average Bonchev–Trinajstić information content (AvgIpc) is 2.96. The van der Waals surface area contributed by atoms with Crippen molar-refractivity contribution in [3.8, 4) is 5.75 Å². The summed E-state index contributed by atoms with van der Waals surface area (Å²) < 4.78 is 60.2. The lowest BCUT2D eigenvalue weighted by molar-refractivity contribution is -0.128. The van der Waals surface area contributed by atoms with Crippen molar-refractivity contribution in [2.45, 2.75) is 17.4 Å². The lowest BCUT2D eigenvalue weighted by Crippen LogP contribution is -2.54. The first-order valence-electron chi connectivity index (χ1n) is 13.1. The summed E-state index contributed by atoms with van der Waals surface area (Å²) in [4.78, 5) is 29.9. The molecule has 2 amide bonds. The van der Waals surface area contributed by atoms with Gasteiger partial charge < -0.3 is 15.0 Å². The summed E-state index contributed by atoms with van der Waals surface area (Å²) in [6.45, 7) is 0.828. The first-order valence-corrected chi connectivity index (χ1v) is 14.9. The monoisotopic (exact) mass is 620 g/mol. The number of halogens is 3. The Kier molecular flexibility index (Phi) is 10.2. The number of nitrogens with one attached hydrogen (secondary N) is 1. The molecule has 1 heterocycles. The minimum absolute atomic E-state index is 0.0949. The van der Waals surface area contributed by atoms with Crippen LogP contribution < -0.4 is 15.0 Å². The quantitative estimate of drug-likeness (QED) is 0.373. The smallest absolute Gasteiger partial charge is 0.249 e. The second kappa shape index (κ2) is 13.6. The summed E-state index contributed by atoms with van der Waals surface area (Å²) >= 11 is 5.87. The summed E-state index contributed by atoms with van der Waals surface area (Å²) in [6.07, 6.45) is -0.146. The van der Waals surface area contributed by atoms with Gasteiger partial charge in [-0.2, -0.15) is 4.31 Å². The Morgan fingerprint density at radius 3 is 2.14 bits per heavy atom. The van der Waals surface area contributed by atoms with Gasteiger partial charge >= 0.3 is 0 Å². The maximum absolute atomic E-state index is 13.9. The number of piperazine rings is 1. The molecule has 0 bridgehead atoms. The van der Waals surface area contributed by atoms with Crippen molar-refractivity contribution in [2.75, 3.05) is 51.8 Å². The average molecular weight is 621 g/mol. The second-order valence-corrected chi connectivity index (χ2v) is 12.2. The Morgan fingerprint density at radius 1 is 0.976 bits per heavy atom. The fourth-order valence-corrected chi connectivity index (χ4v) is 6.21. The number of ether oxygens (including phenoxy) is 1. The first-order chi connectivity index (χ1) is 20.0. The van der Waals surface area contributed by atoms with Crippen molar-refractivity contribution >= 4 is 39.1 Å². The molecule has 3 aromatic carbocycles. The topological polar surface area (TPSA) is 99.3 Å². The number of amides is 2.